The lowest BCUT2D eigenvalue weighted by molar-refractivity contribution is -0.384. The fraction of sp³-hybridized carbons (Fsp3) is 0.471. The van der Waals surface area contributed by atoms with Crippen molar-refractivity contribution in [2.75, 3.05) is 33.0 Å². The van der Waals surface area contributed by atoms with Crippen LogP contribution in [-0.4, -0.2) is 53.3 Å². The molecule has 2 aromatic rings. The van der Waals surface area contributed by atoms with E-state index in [2.05, 4.69) is 4.99 Å². The summed E-state index contributed by atoms with van der Waals surface area (Å²) in [5.41, 5.74) is 1.96. The zero-order valence-corrected chi connectivity index (χ0v) is 13.7. The van der Waals surface area contributed by atoms with Gasteiger partial charge in [-0.25, -0.2) is 0 Å². The zero-order chi connectivity index (χ0) is 17.4. The van der Waals surface area contributed by atoms with Crippen molar-refractivity contribution in [3.63, 3.8) is 0 Å². The molecule has 0 saturated carbocycles. The highest BCUT2D eigenvalue weighted by molar-refractivity contribution is 6.14. The summed E-state index contributed by atoms with van der Waals surface area (Å²) in [6.07, 6.45) is 1.58. The first-order valence-electron chi connectivity index (χ1n) is 8.37. The number of non-ortho nitro benzene ring substituents is 1. The van der Waals surface area contributed by atoms with E-state index in [1.807, 2.05) is 4.57 Å². The number of aromatic hydroxyl groups is 1. The van der Waals surface area contributed by atoms with E-state index in [-0.39, 0.29) is 17.6 Å². The van der Waals surface area contributed by atoms with E-state index in [9.17, 15) is 15.2 Å². The van der Waals surface area contributed by atoms with Gasteiger partial charge in [-0.2, -0.15) is 0 Å². The number of aliphatic imine (C=N–C) groups is 1. The van der Waals surface area contributed by atoms with E-state index >= 15 is 0 Å². The van der Waals surface area contributed by atoms with Crippen LogP contribution in [0.2, 0.25) is 0 Å². The molecule has 0 spiro atoms. The van der Waals surface area contributed by atoms with Crippen molar-refractivity contribution in [1.29, 1.82) is 0 Å². The first kappa shape index (κ1) is 16.0. The Morgan fingerprint density at radius 2 is 2.04 bits per heavy atom. The molecule has 0 atom stereocenters. The minimum absolute atomic E-state index is 0.00444. The lowest BCUT2D eigenvalue weighted by Crippen LogP contribution is -2.20. The third-order valence-corrected chi connectivity index (χ3v) is 4.79. The lowest BCUT2D eigenvalue weighted by Gasteiger charge is -2.25. The third kappa shape index (κ3) is 2.77. The Hall–Kier alpha value is -2.45. The minimum atomic E-state index is -0.425. The van der Waals surface area contributed by atoms with Crippen LogP contribution >= 0.6 is 0 Å². The quantitative estimate of drug-likeness (QED) is 0.680. The SMILES string of the molecule is O=[N+]([O-])c1ccc2c(c1)c(C1=NCCOC1)c(O)n2C1CCOCC1. The molecule has 0 radical (unpaired) electrons. The van der Waals surface area contributed by atoms with Gasteiger partial charge in [-0.15, -0.1) is 0 Å². The summed E-state index contributed by atoms with van der Waals surface area (Å²) in [5, 5.41) is 22.8. The van der Waals surface area contributed by atoms with Gasteiger partial charge in [0.2, 0.25) is 5.88 Å². The normalized spacial score (nSPS) is 19.1. The molecule has 0 unspecified atom stereocenters. The minimum Gasteiger partial charge on any atom is -0.494 e. The first-order valence-corrected chi connectivity index (χ1v) is 8.37. The molecule has 2 aliphatic rings. The van der Waals surface area contributed by atoms with Crippen LogP contribution in [0.15, 0.2) is 23.2 Å². The van der Waals surface area contributed by atoms with E-state index in [0.29, 0.717) is 49.6 Å². The smallest absolute Gasteiger partial charge is 0.270 e. The third-order valence-electron chi connectivity index (χ3n) is 4.79. The number of hydrogen-bond donors (Lipinski definition) is 1. The summed E-state index contributed by atoms with van der Waals surface area (Å²) in [5.74, 6) is 0.103. The fourth-order valence-electron chi connectivity index (χ4n) is 3.61. The van der Waals surface area contributed by atoms with Gasteiger partial charge in [-0.1, -0.05) is 0 Å². The van der Waals surface area contributed by atoms with Crippen molar-refractivity contribution in [3.05, 3.63) is 33.9 Å². The van der Waals surface area contributed by atoms with E-state index < -0.39 is 4.92 Å². The highest BCUT2D eigenvalue weighted by Gasteiger charge is 2.28. The summed E-state index contributed by atoms with van der Waals surface area (Å²) >= 11 is 0. The second-order valence-electron chi connectivity index (χ2n) is 6.25. The van der Waals surface area contributed by atoms with Crippen LogP contribution in [0.3, 0.4) is 0 Å². The lowest BCUT2D eigenvalue weighted by atomic mass is 10.1. The second-order valence-corrected chi connectivity index (χ2v) is 6.25. The van der Waals surface area contributed by atoms with Gasteiger partial charge in [0.25, 0.3) is 5.69 Å². The Kier molecular flexibility index (Phi) is 4.14. The summed E-state index contributed by atoms with van der Waals surface area (Å²) in [6.45, 7) is 2.63. The number of nitrogens with zero attached hydrogens (tertiary/aromatic N) is 3. The summed E-state index contributed by atoms with van der Waals surface area (Å²) in [4.78, 5) is 15.2. The molecule has 4 rings (SSSR count). The van der Waals surface area contributed by atoms with Gasteiger partial charge in [0, 0.05) is 36.8 Å². The molecule has 8 nitrogen and oxygen atoms in total. The molecule has 0 bridgehead atoms. The maximum absolute atomic E-state index is 11.2. The molecule has 0 amide bonds. The summed E-state index contributed by atoms with van der Waals surface area (Å²) < 4.78 is 12.8. The topological polar surface area (TPSA) is 99.1 Å². The predicted octanol–water partition coefficient (Wildman–Crippen LogP) is 2.43. The number of aromatic nitrogens is 1. The van der Waals surface area contributed by atoms with E-state index in [4.69, 9.17) is 9.47 Å². The van der Waals surface area contributed by atoms with Gasteiger partial charge in [-0.05, 0) is 18.9 Å². The largest absolute Gasteiger partial charge is 0.494 e. The Bertz CT molecular complexity index is 852. The molecule has 1 aromatic carbocycles. The van der Waals surface area contributed by atoms with Crippen LogP contribution in [0.1, 0.15) is 24.4 Å². The average Bonchev–Trinajstić information content (AvgIpc) is 2.94. The molecule has 2 aliphatic heterocycles. The number of ether oxygens (including phenoxy) is 2. The summed E-state index contributed by atoms with van der Waals surface area (Å²) in [6, 6.07) is 4.78. The number of nitro benzene ring substituents is 1. The van der Waals surface area contributed by atoms with Crippen molar-refractivity contribution in [1.82, 2.24) is 4.57 Å². The Morgan fingerprint density at radius 3 is 2.72 bits per heavy atom. The molecule has 3 heterocycles. The predicted molar refractivity (Wildman–Crippen MR) is 91.6 cm³/mol. The van der Waals surface area contributed by atoms with Gasteiger partial charge in [0.05, 0.1) is 41.5 Å². The molecule has 1 fully saturated rings. The fourth-order valence-corrected chi connectivity index (χ4v) is 3.61. The Balaban J connectivity index is 1.94. The molecule has 1 aromatic heterocycles. The number of fused-ring (bicyclic) bond motifs is 1. The van der Waals surface area contributed by atoms with Gasteiger partial charge in [0.15, 0.2) is 0 Å². The monoisotopic (exact) mass is 345 g/mol. The highest BCUT2D eigenvalue weighted by Crippen LogP contribution is 2.39. The molecule has 1 N–H and O–H groups in total. The molecule has 25 heavy (non-hydrogen) atoms. The molecule has 1 saturated heterocycles. The van der Waals surface area contributed by atoms with Crippen molar-refractivity contribution < 1.29 is 19.5 Å². The van der Waals surface area contributed by atoms with Crippen LogP contribution in [0.4, 0.5) is 5.69 Å². The van der Waals surface area contributed by atoms with Crippen LogP contribution in [0.5, 0.6) is 5.88 Å². The van der Waals surface area contributed by atoms with Gasteiger partial charge in [-0.3, -0.25) is 15.1 Å². The maximum Gasteiger partial charge on any atom is 0.270 e. The highest BCUT2D eigenvalue weighted by atomic mass is 16.6. The Labute approximate surface area is 143 Å². The maximum atomic E-state index is 11.2. The number of rotatable bonds is 3. The van der Waals surface area contributed by atoms with Crippen LogP contribution in [0.25, 0.3) is 10.9 Å². The molecular formula is C17H19N3O5. The second kappa shape index (κ2) is 6.45. The van der Waals surface area contributed by atoms with Gasteiger partial charge >= 0.3 is 0 Å². The van der Waals surface area contributed by atoms with Crippen molar-refractivity contribution in [2.24, 2.45) is 4.99 Å². The van der Waals surface area contributed by atoms with Crippen molar-refractivity contribution in [3.8, 4) is 5.88 Å². The van der Waals surface area contributed by atoms with E-state index in [1.165, 1.54) is 12.1 Å². The molecule has 132 valence electrons. The number of hydrogen-bond acceptors (Lipinski definition) is 6. The number of nitro groups is 1. The standard InChI is InChI=1S/C17H19N3O5/c21-17-16(14-10-25-8-5-18-14)13-9-12(20(22)23)1-2-15(13)19(17)11-3-6-24-7-4-11/h1-2,9,11,21H,3-8,10H2. The van der Waals surface area contributed by atoms with Gasteiger partial charge < -0.3 is 19.1 Å². The van der Waals surface area contributed by atoms with Crippen LogP contribution in [-0.2, 0) is 9.47 Å². The van der Waals surface area contributed by atoms with Crippen molar-refractivity contribution in [2.45, 2.75) is 18.9 Å². The summed E-state index contributed by atoms with van der Waals surface area (Å²) in [7, 11) is 0. The average molecular weight is 345 g/mol. The van der Waals surface area contributed by atoms with Gasteiger partial charge in [0.1, 0.15) is 0 Å². The van der Waals surface area contributed by atoms with E-state index in [0.717, 1.165) is 18.4 Å². The number of benzene rings is 1. The zero-order valence-electron chi connectivity index (χ0n) is 13.7. The van der Waals surface area contributed by atoms with Crippen molar-refractivity contribution >= 4 is 22.3 Å². The molecular weight excluding hydrogens is 326 g/mol. The molecule has 8 heteroatoms. The first-order chi connectivity index (χ1) is 12.2. The Morgan fingerprint density at radius 1 is 1.24 bits per heavy atom. The van der Waals surface area contributed by atoms with E-state index in [1.54, 1.807) is 6.07 Å². The van der Waals surface area contributed by atoms with Crippen LogP contribution in [0, 0.1) is 10.1 Å². The van der Waals surface area contributed by atoms with Crippen LogP contribution < -0.4 is 0 Å². The molecule has 0 aliphatic carbocycles.